The van der Waals surface area contributed by atoms with Crippen molar-refractivity contribution in [3.8, 4) is 5.75 Å². The molecular formula is C18H23N5O2S. The summed E-state index contributed by atoms with van der Waals surface area (Å²) in [4.78, 5) is 25.1. The van der Waals surface area contributed by atoms with Crippen LogP contribution in [-0.4, -0.2) is 59.8 Å². The van der Waals surface area contributed by atoms with Crippen LogP contribution in [0.25, 0.3) is 0 Å². The number of hydrogen-bond donors (Lipinski definition) is 1. The Kier molecular flexibility index (Phi) is 5.82. The molecule has 0 saturated carbocycles. The first-order chi connectivity index (χ1) is 12.5. The fourth-order valence-corrected chi connectivity index (χ4v) is 3.67. The van der Waals surface area contributed by atoms with Crippen LogP contribution in [0, 0.1) is 6.92 Å². The quantitative estimate of drug-likeness (QED) is 0.632. The zero-order chi connectivity index (χ0) is 18.5. The monoisotopic (exact) mass is 373 g/mol. The summed E-state index contributed by atoms with van der Waals surface area (Å²) in [6, 6.07) is 9.72. The largest absolute Gasteiger partial charge is 0.497 e. The van der Waals surface area contributed by atoms with Crippen molar-refractivity contribution in [3.63, 3.8) is 0 Å². The van der Waals surface area contributed by atoms with E-state index in [1.165, 1.54) is 11.8 Å². The summed E-state index contributed by atoms with van der Waals surface area (Å²) in [7, 11) is 1.66. The number of methoxy groups -OCH3 is 1. The molecule has 2 aromatic rings. The normalized spacial score (nSPS) is 14.4. The number of aromatic nitrogens is 2. The van der Waals surface area contributed by atoms with Crippen LogP contribution in [0.3, 0.4) is 0 Å². The fraction of sp³-hybridized carbons (Fsp3) is 0.389. The Balaban J connectivity index is 1.49. The minimum Gasteiger partial charge on any atom is -0.497 e. The molecule has 1 aliphatic heterocycles. The van der Waals surface area contributed by atoms with Crippen LogP contribution in [0.4, 0.5) is 11.5 Å². The molecule has 0 radical (unpaired) electrons. The van der Waals surface area contributed by atoms with Crippen LogP contribution in [0.2, 0.25) is 0 Å². The molecule has 2 heterocycles. The molecule has 1 fully saturated rings. The predicted octanol–water partition coefficient (Wildman–Crippen LogP) is 1.82. The topological polar surface area (TPSA) is 84.6 Å². The SMILES string of the molecule is COc1ccc(N2CCN(C(=O)CSc3nc(C)cc(N)n3)CC2)cc1. The third-order valence-corrected chi connectivity index (χ3v) is 5.08. The lowest BCUT2D eigenvalue weighted by molar-refractivity contribution is -0.128. The average Bonchev–Trinajstić information content (AvgIpc) is 2.65. The molecule has 1 aliphatic rings. The molecule has 138 valence electrons. The Morgan fingerprint density at radius 1 is 1.19 bits per heavy atom. The number of anilines is 2. The second-order valence-corrected chi connectivity index (χ2v) is 7.01. The van der Waals surface area contributed by atoms with Gasteiger partial charge in [-0.1, -0.05) is 11.8 Å². The van der Waals surface area contributed by atoms with Crippen LogP contribution in [-0.2, 0) is 4.79 Å². The number of nitrogen functional groups attached to an aromatic ring is 1. The highest BCUT2D eigenvalue weighted by Crippen LogP contribution is 2.21. The molecule has 26 heavy (non-hydrogen) atoms. The summed E-state index contributed by atoms with van der Waals surface area (Å²) >= 11 is 1.33. The van der Waals surface area contributed by atoms with E-state index >= 15 is 0 Å². The van der Waals surface area contributed by atoms with Gasteiger partial charge >= 0.3 is 0 Å². The van der Waals surface area contributed by atoms with Gasteiger partial charge in [-0.2, -0.15) is 0 Å². The van der Waals surface area contributed by atoms with E-state index in [0.717, 1.165) is 30.2 Å². The van der Waals surface area contributed by atoms with Crippen molar-refractivity contribution in [1.29, 1.82) is 0 Å². The average molecular weight is 373 g/mol. The summed E-state index contributed by atoms with van der Waals surface area (Å²) in [5.74, 6) is 1.71. The smallest absolute Gasteiger partial charge is 0.233 e. The predicted molar refractivity (Wildman–Crippen MR) is 104 cm³/mol. The van der Waals surface area contributed by atoms with E-state index in [9.17, 15) is 4.79 Å². The van der Waals surface area contributed by atoms with Gasteiger partial charge in [0.05, 0.1) is 12.9 Å². The minimum absolute atomic E-state index is 0.105. The molecule has 0 aliphatic carbocycles. The number of hydrogen-bond acceptors (Lipinski definition) is 7. The number of amides is 1. The Morgan fingerprint density at radius 2 is 1.88 bits per heavy atom. The number of carbonyl (C=O) groups excluding carboxylic acids is 1. The van der Waals surface area contributed by atoms with Gasteiger partial charge in [0, 0.05) is 43.6 Å². The highest BCUT2D eigenvalue weighted by molar-refractivity contribution is 7.99. The van der Waals surface area contributed by atoms with Gasteiger partial charge in [0.25, 0.3) is 0 Å². The van der Waals surface area contributed by atoms with Gasteiger partial charge in [-0.15, -0.1) is 0 Å². The number of aryl methyl sites for hydroxylation is 1. The molecule has 0 atom stereocenters. The lowest BCUT2D eigenvalue weighted by Crippen LogP contribution is -2.49. The standard InChI is InChI=1S/C18H23N5O2S/c1-13-11-16(19)21-18(20-13)26-12-17(24)23-9-7-22(8-10-23)14-3-5-15(25-2)6-4-14/h3-6,11H,7-10,12H2,1-2H3,(H2,19,20,21). The Bertz CT molecular complexity index is 740. The van der Waals surface area contributed by atoms with Crippen LogP contribution in [0.1, 0.15) is 5.69 Å². The number of nitrogens with two attached hydrogens (primary N) is 1. The van der Waals surface area contributed by atoms with E-state index in [2.05, 4.69) is 14.9 Å². The third-order valence-electron chi connectivity index (χ3n) is 4.25. The zero-order valence-corrected chi connectivity index (χ0v) is 15.8. The summed E-state index contributed by atoms with van der Waals surface area (Å²) in [5, 5.41) is 0.549. The molecule has 0 spiro atoms. The van der Waals surface area contributed by atoms with E-state index in [-0.39, 0.29) is 5.91 Å². The maximum Gasteiger partial charge on any atom is 0.233 e. The fourth-order valence-electron chi connectivity index (χ4n) is 2.85. The lowest BCUT2D eigenvalue weighted by Gasteiger charge is -2.36. The van der Waals surface area contributed by atoms with E-state index < -0.39 is 0 Å². The number of nitrogens with zero attached hydrogens (tertiary/aromatic N) is 4. The first kappa shape index (κ1) is 18.3. The molecular weight excluding hydrogens is 350 g/mol. The van der Waals surface area contributed by atoms with Gasteiger partial charge < -0.3 is 20.3 Å². The highest BCUT2D eigenvalue weighted by atomic mass is 32.2. The zero-order valence-electron chi connectivity index (χ0n) is 15.0. The summed E-state index contributed by atoms with van der Waals surface area (Å²) in [5.41, 5.74) is 7.68. The van der Waals surface area contributed by atoms with Crippen molar-refractivity contribution >= 4 is 29.2 Å². The second-order valence-electron chi connectivity index (χ2n) is 6.07. The third kappa shape index (κ3) is 4.57. The number of benzene rings is 1. The Morgan fingerprint density at radius 3 is 2.50 bits per heavy atom. The highest BCUT2D eigenvalue weighted by Gasteiger charge is 2.21. The van der Waals surface area contributed by atoms with E-state index in [1.54, 1.807) is 13.2 Å². The second kappa shape index (κ2) is 8.27. The van der Waals surface area contributed by atoms with Crippen molar-refractivity contribution in [2.75, 3.05) is 49.7 Å². The maximum absolute atomic E-state index is 12.5. The molecule has 1 saturated heterocycles. The van der Waals surface area contributed by atoms with Crippen LogP contribution < -0.4 is 15.4 Å². The van der Waals surface area contributed by atoms with Gasteiger partial charge in [0.2, 0.25) is 5.91 Å². The van der Waals surface area contributed by atoms with Gasteiger partial charge in [-0.3, -0.25) is 4.79 Å². The molecule has 1 aromatic heterocycles. The summed E-state index contributed by atoms with van der Waals surface area (Å²) < 4.78 is 5.19. The first-order valence-corrected chi connectivity index (χ1v) is 9.44. The van der Waals surface area contributed by atoms with E-state index in [4.69, 9.17) is 10.5 Å². The van der Waals surface area contributed by atoms with Crippen LogP contribution in [0.5, 0.6) is 5.75 Å². The van der Waals surface area contributed by atoms with Gasteiger partial charge in [0.15, 0.2) is 5.16 Å². The van der Waals surface area contributed by atoms with Crippen molar-refractivity contribution in [2.24, 2.45) is 0 Å². The number of thioether (sulfide) groups is 1. The molecule has 7 nitrogen and oxygen atoms in total. The molecule has 1 amide bonds. The van der Waals surface area contributed by atoms with Crippen molar-refractivity contribution in [1.82, 2.24) is 14.9 Å². The molecule has 2 N–H and O–H groups in total. The molecule has 0 unspecified atom stereocenters. The van der Waals surface area contributed by atoms with E-state index in [1.807, 2.05) is 36.1 Å². The van der Waals surface area contributed by atoms with Crippen molar-refractivity contribution in [2.45, 2.75) is 12.1 Å². The van der Waals surface area contributed by atoms with Gasteiger partial charge in [0.1, 0.15) is 11.6 Å². The maximum atomic E-state index is 12.5. The molecule has 8 heteroatoms. The summed E-state index contributed by atoms with van der Waals surface area (Å²) in [6.07, 6.45) is 0. The Labute approximate surface area is 157 Å². The number of carbonyl (C=O) groups is 1. The number of piperazine rings is 1. The van der Waals surface area contributed by atoms with Crippen molar-refractivity contribution < 1.29 is 9.53 Å². The lowest BCUT2D eigenvalue weighted by atomic mass is 10.2. The van der Waals surface area contributed by atoms with Crippen LogP contribution in [0.15, 0.2) is 35.5 Å². The number of ether oxygens (including phenoxy) is 1. The molecule has 1 aromatic carbocycles. The first-order valence-electron chi connectivity index (χ1n) is 8.46. The number of rotatable bonds is 5. The Hall–Kier alpha value is -2.48. The molecule has 0 bridgehead atoms. The van der Waals surface area contributed by atoms with Crippen molar-refractivity contribution in [3.05, 3.63) is 36.0 Å². The summed E-state index contributed by atoms with van der Waals surface area (Å²) in [6.45, 7) is 4.92. The minimum atomic E-state index is 0.105. The molecule has 3 rings (SSSR count). The van der Waals surface area contributed by atoms with Gasteiger partial charge in [-0.05, 0) is 31.2 Å². The van der Waals surface area contributed by atoms with Gasteiger partial charge in [-0.25, -0.2) is 9.97 Å². The van der Waals surface area contributed by atoms with E-state index in [0.29, 0.717) is 29.8 Å². The van der Waals surface area contributed by atoms with Crippen LogP contribution >= 0.6 is 11.8 Å².